The number of carbonyl (C=O) groups is 2. The van der Waals surface area contributed by atoms with Crippen LogP contribution in [0.5, 0.6) is 0 Å². The zero-order valence-corrected chi connectivity index (χ0v) is 19.1. The van der Waals surface area contributed by atoms with E-state index in [4.69, 9.17) is 23.2 Å². The zero-order chi connectivity index (χ0) is 22.0. The molecule has 7 heteroatoms. The van der Waals surface area contributed by atoms with Crippen LogP contribution in [-0.2, 0) is 11.2 Å². The molecule has 31 heavy (non-hydrogen) atoms. The maximum absolute atomic E-state index is 12.7. The molecule has 0 saturated carbocycles. The van der Waals surface area contributed by atoms with Crippen LogP contribution in [0.3, 0.4) is 0 Å². The number of carbonyl (C=O) groups excluding carboxylic acids is 2. The second-order valence-electron chi connectivity index (χ2n) is 7.16. The van der Waals surface area contributed by atoms with Crippen molar-refractivity contribution in [3.8, 4) is 0 Å². The van der Waals surface area contributed by atoms with Gasteiger partial charge in [0.15, 0.2) is 0 Å². The lowest BCUT2D eigenvalue weighted by Crippen LogP contribution is -2.28. The molecule has 0 radical (unpaired) electrons. The minimum atomic E-state index is -0.279. The highest BCUT2D eigenvalue weighted by Gasteiger charge is 2.34. The predicted molar refractivity (Wildman–Crippen MR) is 129 cm³/mol. The van der Waals surface area contributed by atoms with Gasteiger partial charge in [0.05, 0.1) is 15.8 Å². The number of thioether (sulfide) groups is 1. The molecule has 1 unspecified atom stereocenters. The second kappa shape index (κ2) is 9.35. The van der Waals surface area contributed by atoms with Crippen LogP contribution in [0.4, 0.5) is 11.4 Å². The first kappa shape index (κ1) is 21.8. The van der Waals surface area contributed by atoms with Gasteiger partial charge in [-0.05, 0) is 60.0 Å². The first-order valence-corrected chi connectivity index (χ1v) is 11.7. The van der Waals surface area contributed by atoms with Gasteiger partial charge >= 0.3 is 0 Å². The molecule has 1 saturated heterocycles. The molecule has 4 rings (SSSR count). The lowest BCUT2D eigenvalue weighted by molar-refractivity contribution is -0.115. The van der Waals surface area contributed by atoms with Gasteiger partial charge in [-0.15, -0.1) is 11.8 Å². The maximum atomic E-state index is 12.7. The summed E-state index contributed by atoms with van der Waals surface area (Å²) in [6.07, 6.45) is 0.907. The molecule has 1 aliphatic heterocycles. The Morgan fingerprint density at radius 2 is 1.87 bits per heavy atom. The second-order valence-corrected chi connectivity index (χ2v) is 9.04. The molecule has 3 aromatic rings. The van der Waals surface area contributed by atoms with Crippen LogP contribution in [0.15, 0.2) is 66.7 Å². The van der Waals surface area contributed by atoms with Crippen molar-refractivity contribution in [2.45, 2.75) is 18.7 Å². The van der Waals surface area contributed by atoms with Gasteiger partial charge in [-0.2, -0.15) is 0 Å². The van der Waals surface area contributed by atoms with E-state index in [-0.39, 0.29) is 17.2 Å². The van der Waals surface area contributed by atoms with Crippen LogP contribution in [0.25, 0.3) is 0 Å². The molecule has 1 heterocycles. The van der Waals surface area contributed by atoms with Crippen molar-refractivity contribution in [1.29, 1.82) is 0 Å². The van der Waals surface area contributed by atoms with Gasteiger partial charge in [-0.25, -0.2) is 0 Å². The Kier molecular flexibility index (Phi) is 6.56. The van der Waals surface area contributed by atoms with Crippen molar-refractivity contribution in [2.24, 2.45) is 0 Å². The van der Waals surface area contributed by atoms with Gasteiger partial charge < -0.3 is 5.32 Å². The van der Waals surface area contributed by atoms with E-state index < -0.39 is 0 Å². The molecule has 3 aromatic carbocycles. The first-order valence-electron chi connectivity index (χ1n) is 9.85. The SMILES string of the molecule is CCc1cccc(N2C(=O)CSC2c2cccc(NC(=O)c3ccc(Cl)c(Cl)c3)c2)c1. The smallest absolute Gasteiger partial charge is 0.255 e. The van der Waals surface area contributed by atoms with Crippen molar-refractivity contribution < 1.29 is 9.59 Å². The molecule has 2 amide bonds. The molecular weight excluding hydrogens is 451 g/mol. The quantitative estimate of drug-likeness (QED) is 0.457. The monoisotopic (exact) mass is 470 g/mol. The van der Waals surface area contributed by atoms with E-state index in [0.29, 0.717) is 27.0 Å². The molecule has 4 nitrogen and oxygen atoms in total. The molecule has 1 aliphatic rings. The summed E-state index contributed by atoms with van der Waals surface area (Å²) in [6, 6.07) is 20.4. The summed E-state index contributed by atoms with van der Waals surface area (Å²) in [4.78, 5) is 27.2. The van der Waals surface area contributed by atoms with Crippen molar-refractivity contribution in [1.82, 2.24) is 0 Å². The highest BCUT2D eigenvalue weighted by atomic mass is 35.5. The zero-order valence-electron chi connectivity index (χ0n) is 16.8. The molecule has 0 aromatic heterocycles. The van der Waals surface area contributed by atoms with E-state index in [1.54, 1.807) is 23.9 Å². The van der Waals surface area contributed by atoms with Gasteiger partial charge in [-0.3, -0.25) is 14.5 Å². The van der Waals surface area contributed by atoms with E-state index >= 15 is 0 Å². The minimum absolute atomic E-state index is 0.0773. The normalized spacial score (nSPS) is 15.9. The highest BCUT2D eigenvalue weighted by Crippen LogP contribution is 2.42. The molecule has 1 N–H and O–H groups in total. The highest BCUT2D eigenvalue weighted by molar-refractivity contribution is 8.00. The summed E-state index contributed by atoms with van der Waals surface area (Å²) in [5.74, 6) is 0.216. The van der Waals surface area contributed by atoms with E-state index in [2.05, 4.69) is 24.4 Å². The number of hydrogen-bond donors (Lipinski definition) is 1. The van der Waals surface area contributed by atoms with Crippen LogP contribution < -0.4 is 10.2 Å². The summed E-state index contributed by atoms with van der Waals surface area (Å²) in [6.45, 7) is 2.09. The van der Waals surface area contributed by atoms with Crippen LogP contribution in [0.1, 0.15) is 33.8 Å². The third kappa shape index (κ3) is 4.74. The van der Waals surface area contributed by atoms with Crippen LogP contribution in [-0.4, -0.2) is 17.6 Å². The lowest BCUT2D eigenvalue weighted by Gasteiger charge is -2.25. The van der Waals surface area contributed by atoms with Crippen LogP contribution in [0, 0.1) is 0 Å². The number of amides is 2. The van der Waals surface area contributed by atoms with Crippen molar-refractivity contribution in [2.75, 3.05) is 16.0 Å². The Hall–Kier alpha value is -2.47. The average molecular weight is 471 g/mol. The summed E-state index contributed by atoms with van der Waals surface area (Å²) in [5.41, 5.74) is 4.09. The third-order valence-electron chi connectivity index (χ3n) is 5.08. The summed E-state index contributed by atoms with van der Waals surface area (Å²) in [5, 5.41) is 3.47. The largest absolute Gasteiger partial charge is 0.322 e. The first-order chi connectivity index (χ1) is 15.0. The number of nitrogens with zero attached hydrogens (tertiary/aromatic N) is 1. The number of nitrogens with one attached hydrogen (secondary N) is 1. The van der Waals surface area contributed by atoms with E-state index in [1.807, 2.05) is 41.3 Å². The molecule has 0 spiro atoms. The minimum Gasteiger partial charge on any atom is -0.322 e. The number of hydrogen-bond acceptors (Lipinski definition) is 3. The standard InChI is InChI=1S/C24H20Cl2N2O2S/c1-2-15-5-3-8-19(11-15)28-22(29)14-31-24(28)17-6-4-7-18(12-17)27-23(30)16-9-10-20(25)21(26)13-16/h3-13,24H,2,14H2,1H3,(H,27,30). The number of halogens is 2. The van der Waals surface area contributed by atoms with Crippen molar-refractivity contribution in [3.05, 3.63) is 93.5 Å². The number of anilines is 2. The average Bonchev–Trinajstić information content (AvgIpc) is 3.17. The number of aryl methyl sites for hydroxylation is 1. The maximum Gasteiger partial charge on any atom is 0.255 e. The molecule has 1 fully saturated rings. The summed E-state index contributed by atoms with van der Waals surface area (Å²) in [7, 11) is 0. The Labute approximate surface area is 195 Å². The Balaban J connectivity index is 1.58. The van der Waals surface area contributed by atoms with E-state index in [0.717, 1.165) is 17.7 Å². The predicted octanol–water partition coefficient (Wildman–Crippen LogP) is 6.59. The van der Waals surface area contributed by atoms with Gasteiger partial charge in [0, 0.05) is 16.9 Å². The molecular formula is C24H20Cl2N2O2S. The van der Waals surface area contributed by atoms with Gasteiger partial charge in [0.25, 0.3) is 5.91 Å². The van der Waals surface area contributed by atoms with Crippen LogP contribution in [0.2, 0.25) is 10.0 Å². The van der Waals surface area contributed by atoms with Crippen LogP contribution >= 0.6 is 35.0 Å². The number of rotatable bonds is 5. The fourth-order valence-electron chi connectivity index (χ4n) is 3.49. The molecule has 158 valence electrons. The Bertz CT molecular complexity index is 1150. The molecule has 0 aliphatic carbocycles. The lowest BCUT2D eigenvalue weighted by atomic mass is 10.1. The van der Waals surface area contributed by atoms with E-state index in [9.17, 15) is 9.59 Å². The van der Waals surface area contributed by atoms with Gasteiger partial charge in [0.1, 0.15) is 5.37 Å². The third-order valence-corrected chi connectivity index (χ3v) is 7.03. The molecule has 0 bridgehead atoms. The summed E-state index contributed by atoms with van der Waals surface area (Å²) >= 11 is 13.5. The van der Waals surface area contributed by atoms with Gasteiger partial charge in [0.2, 0.25) is 5.91 Å². The van der Waals surface area contributed by atoms with Crippen molar-refractivity contribution in [3.63, 3.8) is 0 Å². The number of benzene rings is 3. The topological polar surface area (TPSA) is 49.4 Å². The fraction of sp³-hybridized carbons (Fsp3) is 0.167. The van der Waals surface area contributed by atoms with Crippen molar-refractivity contribution >= 4 is 58.2 Å². The fourth-order valence-corrected chi connectivity index (χ4v) is 4.95. The van der Waals surface area contributed by atoms with E-state index in [1.165, 1.54) is 11.6 Å². The van der Waals surface area contributed by atoms with Gasteiger partial charge in [-0.1, -0.05) is 54.4 Å². The Morgan fingerprint density at radius 1 is 1.06 bits per heavy atom. The summed E-state index contributed by atoms with van der Waals surface area (Å²) < 4.78 is 0. The molecule has 1 atom stereocenters. The Morgan fingerprint density at radius 3 is 2.65 bits per heavy atom.